The highest BCUT2D eigenvalue weighted by atomic mass is 79.9. The molecule has 2 rings (SSSR count). The van der Waals surface area contributed by atoms with Crippen LogP contribution in [0.5, 0.6) is 5.75 Å². The summed E-state index contributed by atoms with van der Waals surface area (Å²) >= 11 is 8.02. The van der Waals surface area contributed by atoms with E-state index in [9.17, 15) is 9.59 Å². The van der Waals surface area contributed by atoms with Gasteiger partial charge in [-0.1, -0.05) is 18.2 Å². The Balaban J connectivity index is 1.76. The Morgan fingerprint density at radius 2 is 1.84 bits per heavy atom. The quantitative estimate of drug-likeness (QED) is 0.514. The van der Waals surface area contributed by atoms with Gasteiger partial charge in [0.2, 0.25) is 0 Å². The van der Waals surface area contributed by atoms with Crippen molar-refractivity contribution in [3.8, 4) is 5.75 Å². The van der Waals surface area contributed by atoms with Gasteiger partial charge in [0.1, 0.15) is 5.75 Å². The van der Waals surface area contributed by atoms with Gasteiger partial charge in [-0.25, -0.2) is 0 Å². The molecule has 0 saturated carbocycles. The minimum atomic E-state index is -0.538. The fourth-order valence-electron chi connectivity index (χ4n) is 1.96. The molecule has 0 fully saturated rings. The lowest BCUT2D eigenvalue weighted by molar-refractivity contribution is -0.123. The summed E-state index contributed by atoms with van der Waals surface area (Å²) in [6.45, 7) is 3.60. The molecule has 0 atom stereocenters. The van der Waals surface area contributed by atoms with E-state index in [2.05, 4.69) is 32.1 Å². The van der Waals surface area contributed by atoms with Gasteiger partial charge in [-0.15, -0.1) is 0 Å². The van der Waals surface area contributed by atoms with Gasteiger partial charge in [0.25, 0.3) is 11.8 Å². The van der Waals surface area contributed by atoms with E-state index in [1.807, 2.05) is 32.0 Å². The van der Waals surface area contributed by atoms with Crippen molar-refractivity contribution in [2.75, 3.05) is 6.61 Å². The van der Waals surface area contributed by atoms with E-state index in [0.717, 1.165) is 11.1 Å². The largest absolute Gasteiger partial charge is 0.483 e. The summed E-state index contributed by atoms with van der Waals surface area (Å²) in [4.78, 5) is 23.6. The average Bonchev–Trinajstić information content (AvgIpc) is 2.99. The molecule has 9 heteroatoms. The first kappa shape index (κ1) is 18.9. The molecule has 0 radical (unpaired) electrons. The molecule has 3 N–H and O–H groups in total. The zero-order valence-electron chi connectivity index (χ0n) is 13.5. The lowest BCUT2D eigenvalue weighted by Crippen LogP contribution is -2.49. The Labute approximate surface area is 158 Å². The fourth-order valence-corrected chi connectivity index (χ4v) is 2.41. The number of hydrogen-bond donors (Lipinski definition) is 3. The van der Waals surface area contributed by atoms with Gasteiger partial charge in [-0.3, -0.25) is 25.8 Å². The first-order chi connectivity index (χ1) is 11.9. The van der Waals surface area contributed by atoms with Crippen LogP contribution in [0.15, 0.2) is 39.4 Å². The van der Waals surface area contributed by atoms with Crippen LogP contribution in [0.3, 0.4) is 0 Å². The number of thiocarbonyl (C=S) groups is 1. The summed E-state index contributed by atoms with van der Waals surface area (Å²) < 4.78 is 11.0. The van der Waals surface area contributed by atoms with Crippen LogP contribution in [-0.4, -0.2) is 23.5 Å². The Bertz CT molecular complexity index is 786. The Morgan fingerprint density at radius 3 is 2.44 bits per heavy atom. The van der Waals surface area contributed by atoms with Crippen molar-refractivity contribution in [3.05, 3.63) is 51.9 Å². The third kappa shape index (κ3) is 5.57. The summed E-state index contributed by atoms with van der Waals surface area (Å²) in [5.41, 5.74) is 6.64. The molecule has 25 heavy (non-hydrogen) atoms. The Morgan fingerprint density at radius 1 is 1.16 bits per heavy atom. The van der Waals surface area contributed by atoms with Crippen molar-refractivity contribution >= 4 is 45.1 Å². The second-order valence-corrected chi connectivity index (χ2v) is 6.26. The van der Waals surface area contributed by atoms with Crippen LogP contribution in [-0.2, 0) is 4.79 Å². The number of nitrogens with one attached hydrogen (secondary N) is 3. The maximum absolute atomic E-state index is 11.8. The van der Waals surface area contributed by atoms with Crippen molar-refractivity contribution < 1.29 is 18.7 Å². The molecular formula is C16H16BrN3O4S. The van der Waals surface area contributed by atoms with Gasteiger partial charge in [0, 0.05) is 0 Å². The second-order valence-electron chi connectivity index (χ2n) is 5.07. The number of benzene rings is 1. The maximum Gasteiger partial charge on any atom is 0.293 e. The number of carbonyl (C=O) groups excluding carboxylic acids is 2. The van der Waals surface area contributed by atoms with Crippen LogP contribution in [0.25, 0.3) is 0 Å². The predicted octanol–water partition coefficient (Wildman–Crippen LogP) is 2.37. The molecule has 1 aromatic carbocycles. The normalized spacial score (nSPS) is 10.0. The SMILES string of the molecule is Cc1cccc(C)c1OCC(=O)NNC(=S)NC(=O)c1ccc(Br)o1. The van der Waals surface area contributed by atoms with E-state index in [-0.39, 0.29) is 17.5 Å². The molecule has 0 aliphatic rings. The number of hydrogen-bond acceptors (Lipinski definition) is 5. The Hall–Kier alpha value is -2.39. The molecule has 7 nitrogen and oxygen atoms in total. The highest BCUT2D eigenvalue weighted by Gasteiger charge is 2.13. The van der Waals surface area contributed by atoms with Gasteiger partial charge in [-0.05, 0) is 65.3 Å². The van der Waals surface area contributed by atoms with Crippen molar-refractivity contribution in [2.45, 2.75) is 13.8 Å². The number of halogens is 1. The lowest BCUT2D eigenvalue weighted by Gasteiger charge is -2.13. The molecule has 0 aliphatic heterocycles. The highest BCUT2D eigenvalue weighted by Crippen LogP contribution is 2.21. The minimum Gasteiger partial charge on any atom is -0.483 e. The zero-order chi connectivity index (χ0) is 18.4. The number of carbonyl (C=O) groups is 2. The van der Waals surface area contributed by atoms with Crippen molar-refractivity contribution in [2.24, 2.45) is 0 Å². The van der Waals surface area contributed by atoms with Gasteiger partial charge in [-0.2, -0.15) is 0 Å². The lowest BCUT2D eigenvalue weighted by atomic mass is 10.1. The average molecular weight is 426 g/mol. The van der Waals surface area contributed by atoms with Crippen molar-refractivity contribution in [1.82, 2.24) is 16.2 Å². The standard InChI is InChI=1S/C16H16BrN3O4S/c1-9-4-3-5-10(2)14(9)23-8-13(21)19-20-16(25)18-15(22)11-6-7-12(17)24-11/h3-7H,8H2,1-2H3,(H,19,21)(H2,18,20,22,25). The van der Waals surface area contributed by atoms with Gasteiger partial charge in [0.05, 0.1) is 0 Å². The summed E-state index contributed by atoms with van der Waals surface area (Å²) in [7, 11) is 0. The zero-order valence-corrected chi connectivity index (χ0v) is 15.9. The molecule has 2 aromatic rings. The number of amides is 2. The fraction of sp³-hybridized carbons (Fsp3) is 0.188. The van der Waals surface area contributed by atoms with Crippen LogP contribution in [0.1, 0.15) is 21.7 Å². The number of para-hydroxylation sites is 1. The van der Waals surface area contributed by atoms with Crippen molar-refractivity contribution in [1.29, 1.82) is 0 Å². The van der Waals surface area contributed by atoms with Crippen molar-refractivity contribution in [3.63, 3.8) is 0 Å². The first-order valence-corrected chi connectivity index (χ1v) is 8.41. The second kappa shape index (κ2) is 8.63. The van der Waals surface area contributed by atoms with Crippen LogP contribution in [0.4, 0.5) is 0 Å². The topological polar surface area (TPSA) is 92.6 Å². The molecule has 0 bridgehead atoms. The van der Waals surface area contributed by atoms with Gasteiger partial charge in [0.15, 0.2) is 22.1 Å². The van der Waals surface area contributed by atoms with E-state index >= 15 is 0 Å². The van der Waals surface area contributed by atoms with E-state index < -0.39 is 11.8 Å². The third-order valence-electron chi connectivity index (χ3n) is 3.10. The van der Waals surface area contributed by atoms with Crippen LogP contribution >= 0.6 is 28.1 Å². The number of hydrazine groups is 1. The summed E-state index contributed by atoms with van der Waals surface area (Å²) in [6, 6.07) is 8.78. The van der Waals surface area contributed by atoms with Gasteiger partial charge < -0.3 is 9.15 Å². The van der Waals surface area contributed by atoms with E-state index in [4.69, 9.17) is 21.4 Å². The van der Waals surface area contributed by atoms with Crippen LogP contribution in [0, 0.1) is 13.8 Å². The van der Waals surface area contributed by atoms with E-state index in [1.165, 1.54) is 6.07 Å². The molecule has 132 valence electrons. The molecule has 0 unspecified atom stereocenters. The molecule has 0 saturated heterocycles. The van der Waals surface area contributed by atoms with Gasteiger partial charge >= 0.3 is 0 Å². The summed E-state index contributed by atoms with van der Waals surface area (Å²) in [5, 5.41) is 2.30. The van der Waals surface area contributed by atoms with Crippen LogP contribution in [0.2, 0.25) is 0 Å². The number of rotatable bonds is 4. The molecular weight excluding hydrogens is 410 g/mol. The first-order valence-electron chi connectivity index (χ1n) is 7.21. The molecule has 2 amide bonds. The minimum absolute atomic E-state index is 0.0713. The van der Waals surface area contributed by atoms with E-state index in [1.54, 1.807) is 6.07 Å². The predicted molar refractivity (Wildman–Crippen MR) is 99.2 cm³/mol. The van der Waals surface area contributed by atoms with Crippen LogP contribution < -0.4 is 20.9 Å². The smallest absolute Gasteiger partial charge is 0.293 e. The number of aryl methyl sites for hydroxylation is 2. The molecule has 0 spiro atoms. The molecule has 1 heterocycles. The number of ether oxygens (including phenoxy) is 1. The number of furan rings is 1. The van der Waals surface area contributed by atoms with E-state index in [0.29, 0.717) is 10.4 Å². The highest BCUT2D eigenvalue weighted by molar-refractivity contribution is 9.10. The third-order valence-corrected chi connectivity index (χ3v) is 3.73. The summed E-state index contributed by atoms with van der Waals surface area (Å²) in [5.74, 6) is -0.234. The Kier molecular flexibility index (Phi) is 6.54. The molecule has 1 aromatic heterocycles. The summed E-state index contributed by atoms with van der Waals surface area (Å²) in [6.07, 6.45) is 0. The monoisotopic (exact) mass is 425 g/mol. The maximum atomic E-state index is 11.8. The molecule has 0 aliphatic carbocycles.